The number of aliphatic hydroxyl groups excluding tert-OH is 2. The monoisotopic (exact) mass is 392 g/mol. The fraction of sp³-hybridized carbons (Fsp3) is 0.550. The van der Waals surface area contributed by atoms with Crippen LogP contribution in [-0.2, 0) is 28.6 Å². The Hall–Kier alpha value is -2.45. The van der Waals surface area contributed by atoms with Gasteiger partial charge in [0, 0.05) is 23.1 Å². The normalized spacial score (nSPS) is 40.6. The molecule has 0 spiro atoms. The van der Waals surface area contributed by atoms with Crippen LogP contribution in [0.1, 0.15) is 27.7 Å². The first-order chi connectivity index (χ1) is 13.0. The molecule has 2 N–H and O–H groups in total. The number of carbonyl (C=O) groups excluding carboxylic acids is 3. The van der Waals surface area contributed by atoms with Crippen LogP contribution >= 0.6 is 0 Å². The largest absolute Gasteiger partial charge is 0.480 e. The summed E-state index contributed by atoms with van der Waals surface area (Å²) >= 11 is 0. The van der Waals surface area contributed by atoms with E-state index in [0.29, 0.717) is 0 Å². The van der Waals surface area contributed by atoms with Gasteiger partial charge in [-0.3, -0.25) is 4.79 Å². The molecule has 28 heavy (non-hydrogen) atoms. The molecule has 0 aliphatic carbocycles. The minimum absolute atomic E-state index is 0.0472. The topological polar surface area (TPSA) is 119 Å². The first kappa shape index (κ1) is 20.3. The summed E-state index contributed by atoms with van der Waals surface area (Å²) in [6.45, 7) is 9.87. The molecule has 0 amide bonds. The van der Waals surface area contributed by atoms with Gasteiger partial charge in [0.15, 0.2) is 5.60 Å². The molecule has 0 saturated carbocycles. The highest BCUT2D eigenvalue weighted by Gasteiger charge is 2.60. The number of hydrogen-bond donors (Lipinski definition) is 2. The molecule has 3 heterocycles. The maximum absolute atomic E-state index is 12.6. The van der Waals surface area contributed by atoms with Gasteiger partial charge in [0.2, 0.25) is 5.78 Å². The van der Waals surface area contributed by atoms with Crippen molar-refractivity contribution in [2.24, 2.45) is 11.8 Å². The number of fused-ring (bicyclic) bond motifs is 3. The molecule has 8 heteroatoms. The van der Waals surface area contributed by atoms with E-state index in [1.165, 1.54) is 26.0 Å². The number of ketones is 1. The van der Waals surface area contributed by atoms with Crippen molar-refractivity contribution in [1.29, 1.82) is 0 Å². The fourth-order valence-electron chi connectivity index (χ4n) is 3.74. The third kappa shape index (κ3) is 2.87. The molecule has 3 aliphatic rings. The summed E-state index contributed by atoms with van der Waals surface area (Å²) in [5, 5.41) is 21.9. The molecule has 0 radical (unpaired) electrons. The number of hydrogen-bond acceptors (Lipinski definition) is 8. The quantitative estimate of drug-likeness (QED) is 0.517. The van der Waals surface area contributed by atoms with Crippen LogP contribution in [-0.4, -0.2) is 58.0 Å². The summed E-state index contributed by atoms with van der Waals surface area (Å²) < 4.78 is 16.5. The summed E-state index contributed by atoms with van der Waals surface area (Å²) in [6, 6.07) is 0. The van der Waals surface area contributed by atoms with Gasteiger partial charge in [-0.15, -0.1) is 0 Å². The molecular weight excluding hydrogens is 368 g/mol. The van der Waals surface area contributed by atoms with Crippen LogP contribution < -0.4 is 0 Å². The molecule has 2 bridgehead atoms. The molecular formula is C20H24O8. The van der Waals surface area contributed by atoms with Crippen LogP contribution in [0.15, 0.2) is 35.6 Å². The summed E-state index contributed by atoms with van der Waals surface area (Å²) in [5.74, 6) is -3.58. The minimum Gasteiger partial charge on any atom is -0.480 e. The van der Waals surface area contributed by atoms with Crippen molar-refractivity contribution >= 4 is 17.7 Å². The molecule has 3 aliphatic heterocycles. The van der Waals surface area contributed by atoms with Crippen molar-refractivity contribution in [3.05, 3.63) is 35.6 Å². The van der Waals surface area contributed by atoms with Crippen LogP contribution in [0.2, 0.25) is 0 Å². The SMILES string of the molecule is C=C1C(=O)O[C@@H]2[C@@H](O)[C@H](C)C3=CC(=O)[C@](C)(O3)[C@@H](O)[C@@H](OC(=O)/C(C)=C\C)[C@@H]12. The lowest BCUT2D eigenvalue weighted by Gasteiger charge is -2.36. The standard InChI is InChI=1S/C20H24O8/c1-6-8(2)18(24)27-16-13-10(4)19(25)26-15(13)14(22)9(3)11-7-12(21)20(5,28-11)17(16)23/h6-7,9,13-17,22-23H,4H2,1-3,5H3/b8-6-/t9-,13+,14+,15+,16+,17+,20+/m1/s1. The second-order valence-electron chi connectivity index (χ2n) is 7.61. The van der Waals surface area contributed by atoms with Crippen molar-refractivity contribution in [1.82, 2.24) is 0 Å². The van der Waals surface area contributed by atoms with E-state index in [4.69, 9.17) is 14.2 Å². The zero-order chi connectivity index (χ0) is 21.0. The Labute approximate surface area is 162 Å². The van der Waals surface area contributed by atoms with Crippen LogP contribution in [0.3, 0.4) is 0 Å². The fourth-order valence-corrected chi connectivity index (χ4v) is 3.74. The first-order valence-corrected chi connectivity index (χ1v) is 9.07. The highest BCUT2D eigenvalue weighted by atomic mass is 16.6. The van der Waals surface area contributed by atoms with Crippen LogP contribution in [0.25, 0.3) is 0 Å². The average molecular weight is 392 g/mol. The molecule has 152 valence electrons. The Balaban J connectivity index is 2.13. The second kappa shape index (κ2) is 6.86. The number of esters is 2. The van der Waals surface area contributed by atoms with E-state index in [0.717, 1.165) is 0 Å². The molecule has 0 aromatic heterocycles. The Kier molecular flexibility index (Phi) is 4.97. The molecule has 3 rings (SSSR count). The summed E-state index contributed by atoms with van der Waals surface area (Å²) in [7, 11) is 0. The molecule has 2 fully saturated rings. The molecule has 0 aromatic rings. The third-order valence-electron chi connectivity index (χ3n) is 5.88. The number of ether oxygens (including phenoxy) is 3. The van der Waals surface area contributed by atoms with Gasteiger partial charge in [0.25, 0.3) is 0 Å². The number of aliphatic hydroxyl groups is 2. The minimum atomic E-state index is -1.74. The zero-order valence-corrected chi connectivity index (χ0v) is 16.2. The van der Waals surface area contributed by atoms with Crippen LogP contribution in [0.4, 0.5) is 0 Å². The molecule has 0 aromatic carbocycles. The Morgan fingerprint density at radius 2 is 2.00 bits per heavy atom. The number of rotatable bonds is 2. The lowest BCUT2D eigenvalue weighted by atomic mass is 9.78. The lowest BCUT2D eigenvalue weighted by Crippen LogP contribution is -2.56. The van der Waals surface area contributed by atoms with Gasteiger partial charge in [0.1, 0.15) is 30.2 Å². The van der Waals surface area contributed by atoms with Gasteiger partial charge < -0.3 is 24.4 Å². The Morgan fingerprint density at radius 1 is 1.36 bits per heavy atom. The van der Waals surface area contributed by atoms with E-state index in [9.17, 15) is 24.6 Å². The van der Waals surface area contributed by atoms with Crippen molar-refractivity contribution < 1.29 is 38.8 Å². The average Bonchev–Trinajstić information content (AvgIpc) is 3.14. The summed E-state index contributed by atoms with van der Waals surface area (Å²) in [4.78, 5) is 37.2. The van der Waals surface area contributed by atoms with Gasteiger partial charge in [-0.05, 0) is 20.8 Å². The smallest absolute Gasteiger partial charge is 0.334 e. The predicted molar refractivity (Wildman–Crippen MR) is 95.6 cm³/mol. The zero-order valence-electron chi connectivity index (χ0n) is 16.2. The highest BCUT2D eigenvalue weighted by Crippen LogP contribution is 2.44. The third-order valence-corrected chi connectivity index (χ3v) is 5.88. The van der Waals surface area contributed by atoms with Gasteiger partial charge >= 0.3 is 11.9 Å². The molecule has 0 unspecified atom stereocenters. The highest BCUT2D eigenvalue weighted by molar-refractivity contribution is 6.00. The summed E-state index contributed by atoms with van der Waals surface area (Å²) in [6.07, 6.45) is -2.66. The van der Waals surface area contributed by atoms with Crippen LogP contribution in [0.5, 0.6) is 0 Å². The van der Waals surface area contributed by atoms with Gasteiger partial charge in [-0.25, -0.2) is 9.59 Å². The summed E-state index contributed by atoms with van der Waals surface area (Å²) in [5.41, 5.74) is -1.51. The number of carbonyl (C=O) groups is 3. The molecule has 8 nitrogen and oxygen atoms in total. The Morgan fingerprint density at radius 3 is 2.61 bits per heavy atom. The first-order valence-electron chi connectivity index (χ1n) is 9.07. The molecule has 2 saturated heterocycles. The van der Waals surface area contributed by atoms with E-state index in [1.807, 2.05) is 0 Å². The van der Waals surface area contributed by atoms with E-state index >= 15 is 0 Å². The van der Waals surface area contributed by atoms with Gasteiger partial charge in [-0.1, -0.05) is 19.6 Å². The predicted octanol–water partition coefficient (Wildman–Crippen LogP) is 0.576. The van der Waals surface area contributed by atoms with Crippen molar-refractivity contribution in [3.8, 4) is 0 Å². The van der Waals surface area contributed by atoms with Gasteiger partial charge in [0.05, 0.1) is 5.92 Å². The lowest BCUT2D eigenvalue weighted by molar-refractivity contribution is -0.177. The van der Waals surface area contributed by atoms with Crippen molar-refractivity contribution in [3.63, 3.8) is 0 Å². The van der Waals surface area contributed by atoms with E-state index in [-0.39, 0.29) is 16.9 Å². The molecule has 7 atom stereocenters. The van der Waals surface area contributed by atoms with Crippen molar-refractivity contribution in [2.75, 3.05) is 0 Å². The van der Waals surface area contributed by atoms with Crippen molar-refractivity contribution in [2.45, 2.75) is 57.7 Å². The maximum Gasteiger partial charge on any atom is 0.334 e. The van der Waals surface area contributed by atoms with E-state index in [1.54, 1.807) is 13.8 Å². The second-order valence-corrected chi connectivity index (χ2v) is 7.61. The van der Waals surface area contributed by atoms with Gasteiger partial charge in [-0.2, -0.15) is 0 Å². The van der Waals surface area contributed by atoms with Crippen LogP contribution in [0, 0.1) is 11.8 Å². The number of allylic oxidation sites excluding steroid dienone is 1. The Bertz CT molecular complexity index is 809. The van der Waals surface area contributed by atoms with E-state index in [2.05, 4.69) is 6.58 Å². The maximum atomic E-state index is 12.6. The van der Waals surface area contributed by atoms with E-state index < -0.39 is 59.6 Å².